The molecule has 1 fully saturated rings. The molecule has 1 aromatic rings. The molecule has 1 atom stereocenters. The Hall–Kier alpha value is -1.36. The number of amides is 1. The molecule has 1 aromatic heterocycles. The van der Waals surface area contributed by atoms with E-state index in [2.05, 4.69) is 12.0 Å². The Bertz CT molecular complexity index is 461. The minimum absolute atomic E-state index is 0.113. The summed E-state index contributed by atoms with van der Waals surface area (Å²) < 4.78 is 1.83. The van der Waals surface area contributed by atoms with Crippen LogP contribution < -0.4 is 5.73 Å². The van der Waals surface area contributed by atoms with Crippen LogP contribution in [0, 0.1) is 5.92 Å². The predicted molar refractivity (Wildman–Crippen MR) is 83.9 cm³/mol. The van der Waals surface area contributed by atoms with Crippen molar-refractivity contribution in [3.05, 3.63) is 17.5 Å². The fourth-order valence-electron chi connectivity index (χ4n) is 3.14. The van der Waals surface area contributed by atoms with Crippen molar-refractivity contribution < 1.29 is 4.79 Å². The summed E-state index contributed by atoms with van der Waals surface area (Å²) in [5.74, 6) is 0.114. The van der Waals surface area contributed by atoms with Crippen LogP contribution in [-0.4, -0.2) is 40.2 Å². The first-order valence-electron chi connectivity index (χ1n) is 8.16. The highest BCUT2D eigenvalue weighted by Gasteiger charge is 2.25. The normalized spacial score (nSPS) is 17.6. The second kappa shape index (κ2) is 7.59. The van der Waals surface area contributed by atoms with E-state index >= 15 is 0 Å². The van der Waals surface area contributed by atoms with Crippen molar-refractivity contribution >= 4 is 5.91 Å². The van der Waals surface area contributed by atoms with Crippen molar-refractivity contribution in [2.45, 2.75) is 45.4 Å². The number of aromatic nitrogens is 2. The molecule has 1 aliphatic rings. The van der Waals surface area contributed by atoms with E-state index in [1.54, 1.807) is 0 Å². The topological polar surface area (TPSA) is 64.2 Å². The molecule has 5 heteroatoms. The number of hydrogen-bond donors (Lipinski definition) is 1. The summed E-state index contributed by atoms with van der Waals surface area (Å²) in [6, 6.07) is 0. The van der Waals surface area contributed by atoms with E-state index in [-0.39, 0.29) is 11.8 Å². The van der Waals surface area contributed by atoms with Crippen molar-refractivity contribution in [2.75, 3.05) is 19.6 Å². The Balaban J connectivity index is 2.05. The van der Waals surface area contributed by atoms with Gasteiger partial charge in [-0.05, 0) is 31.2 Å². The minimum Gasteiger partial charge on any atom is -0.342 e. The maximum absolute atomic E-state index is 12.7. The number of hydrogen-bond acceptors (Lipinski definition) is 3. The highest BCUT2D eigenvalue weighted by molar-refractivity contribution is 5.79. The maximum Gasteiger partial charge on any atom is 0.227 e. The fourth-order valence-corrected chi connectivity index (χ4v) is 3.14. The molecule has 5 nitrogen and oxygen atoms in total. The van der Waals surface area contributed by atoms with Crippen molar-refractivity contribution in [3.63, 3.8) is 0 Å². The summed E-state index contributed by atoms with van der Waals surface area (Å²) in [5.41, 5.74) is 8.14. The third-order valence-corrected chi connectivity index (χ3v) is 4.34. The number of nitrogens with two attached hydrogens (primary N) is 1. The first-order chi connectivity index (χ1) is 10.2. The average molecular weight is 292 g/mol. The van der Waals surface area contributed by atoms with Gasteiger partial charge in [-0.3, -0.25) is 9.48 Å². The van der Waals surface area contributed by atoms with Crippen LogP contribution in [0.2, 0.25) is 0 Å². The maximum atomic E-state index is 12.7. The van der Waals surface area contributed by atoms with E-state index in [1.165, 1.54) is 18.4 Å². The van der Waals surface area contributed by atoms with Crippen molar-refractivity contribution in [1.29, 1.82) is 0 Å². The molecule has 0 aliphatic carbocycles. The van der Waals surface area contributed by atoms with Gasteiger partial charge in [0.25, 0.3) is 0 Å². The fraction of sp³-hybridized carbons (Fsp3) is 0.750. The molecule has 1 aliphatic heterocycles. The smallest absolute Gasteiger partial charge is 0.227 e. The standard InChI is InChI=1S/C16H28N4O/c1-3-15-14(12-19(2)18-15)10-13(11-17)16(21)20-8-6-4-5-7-9-20/h12-13H,3-11,17H2,1-2H3. The van der Waals surface area contributed by atoms with E-state index in [0.29, 0.717) is 13.0 Å². The summed E-state index contributed by atoms with van der Waals surface area (Å²) in [7, 11) is 1.93. The monoisotopic (exact) mass is 292 g/mol. The van der Waals surface area contributed by atoms with Gasteiger partial charge < -0.3 is 10.6 Å². The molecule has 1 amide bonds. The summed E-state index contributed by atoms with van der Waals surface area (Å²) in [4.78, 5) is 14.7. The van der Waals surface area contributed by atoms with Gasteiger partial charge in [-0.25, -0.2) is 0 Å². The predicted octanol–water partition coefficient (Wildman–Crippen LogP) is 1.50. The lowest BCUT2D eigenvalue weighted by atomic mass is 9.97. The Kier molecular flexibility index (Phi) is 5.79. The number of carbonyl (C=O) groups excluding carboxylic acids is 1. The van der Waals surface area contributed by atoms with Crippen LogP contribution in [0.15, 0.2) is 6.20 Å². The molecular weight excluding hydrogens is 264 g/mol. The number of likely N-dealkylation sites (tertiary alicyclic amines) is 1. The second-order valence-corrected chi connectivity index (χ2v) is 6.00. The van der Waals surface area contributed by atoms with Gasteiger partial charge >= 0.3 is 0 Å². The molecule has 0 spiro atoms. The molecule has 2 heterocycles. The van der Waals surface area contributed by atoms with Crippen LogP contribution in [0.5, 0.6) is 0 Å². The largest absolute Gasteiger partial charge is 0.342 e. The first-order valence-corrected chi connectivity index (χ1v) is 8.16. The van der Waals surface area contributed by atoms with Crippen molar-refractivity contribution in [1.82, 2.24) is 14.7 Å². The lowest BCUT2D eigenvalue weighted by molar-refractivity contribution is -0.135. The molecule has 0 radical (unpaired) electrons. The Morgan fingerprint density at radius 1 is 1.33 bits per heavy atom. The average Bonchev–Trinajstić information content (AvgIpc) is 2.69. The van der Waals surface area contributed by atoms with Gasteiger partial charge in [0.2, 0.25) is 5.91 Å². The van der Waals surface area contributed by atoms with Gasteiger partial charge in [-0.1, -0.05) is 19.8 Å². The van der Waals surface area contributed by atoms with Crippen LogP contribution in [0.1, 0.15) is 43.9 Å². The molecule has 0 bridgehead atoms. The third kappa shape index (κ3) is 4.06. The Morgan fingerprint density at radius 2 is 2.00 bits per heavy atom. The third-order valence-electron chi connectivity index (χ3n) is 4.34. The number of carbonyl (C=O) groups is 1. The summed E-state index contributed by atoms with van der Waals surface area (Å²) in [5, 5.41) is 4.45. The molecule has 1 saturated heterocycles. The van der Waals surface area contributed by atoms with Gasteiger partial charge in [0.1, 0.15) is 0 Å². The molecule has 118 valence electrons. The quantitative estimate of drug-likeness (QED) is 0.894. The van der Waals surface area contributed by atoms with E-state index < -0.39 is 0 Å². The SMILES string of the molecule is CCc1nn(C)cc1CC(CN)C(=O)N1CCCCCC1. The van der Waals surface area contributed by atoms with Gasteiger partial charge in [0, 0.05) is 32.9 Å². The van der Waals surface area contributed by atoms with E-state index in [0.717, 1.165) is 38.0 Å². The lowest BCUT2D eigenvalue weighted by Gasteiger charge is -2.25. The lowest BCUT2D eigenvalue weighted by Crippen LogP contribution is -2.40. The summed E-state index contributed by atoms with van der Waals surface area (Å²) in [6.45, 7) is 4.29. The molecule has 2 rings (SSSR count). The van der Waals surface area contributed by atoms with Crippen LogP contribution in [0.3, 0.4) is 0 Å². The first kappa shape index (κ1) is 16.0. The van der Waals surface area contributed by atoms with E-state index in [9.17, 15) is 4.79 Å². The van der Waals surface area contributed by atoms with Crippen molar-refractivity contribution in [2.24, 2.45) is 18.7 Å². The Morgan fingerprint density at radius 3 is 2.57 bits per heavy atom. The van der Waals surface area contributed by atoms with Crippen LogP contribution in [0.4, 0.5) is 0 Å². The van der Waals surface area contributed by atoms with Gasteiger partial charge in [0.05, 0.1) is 11.6 Å². The summed E-state index contributed by atoms with van der Waals surface area (Å²) >= 11 is 0. The van der Waals surface area contributed by atoms with E-state index in [1.807, 2.05) is 22.8 Å². The zero-order chi connectivity index (χ0) is 15.2. The van der Waals surface area contributed by atoms with Gasteiger partial charge in [0.15, 0.2) is 0 Å². The molecular formula is C16H28N4O. The molecule has 0 aromatic carbocycles. The highest BCUT2D eigenvalue weighted by Crippen LogP contribution is 2.17. The molecule has 2 N–H and O–H groups in total. The highest BCUT2D eigenvalue weighted by atomic mass is 16.2. The number of nitrogens with zero attached hydrogens (tertiary/aromatic N) is 3. The van der Waals surface area contributed by atoms with Crippen LogP contribution in [-0.2, 0) is 24.7 Å². The van der Waals surface area contributed by atoms with E-state index in [4.69, 9.17) is 5.73 Å². The van der Waals surface area contributed by atoms with Gasteiger partial charge in [-0.2, -0.15) is 5.10 Å². The zero-order valence-corrected chi connectivity index (χ0v) is 13.3. The Labute approximate surface area is 127 Å². The molecule has 21 heavy (non-hydrogen) atoms. The number of rotatable bonds is 5. The minimum atomic E-state index is -0.113. The summed E-state index contributed by atoms with van der Waals surface area (Å²) in [6.07, 6.45) is 8.34. The zero-order valence-electron chi connectivity index (χ0n) is 13.3. The van der Waals surface area contributed by atoms with Crippen LogP contribution >= 0.6 is 0 Å². The van der Waals surface area contributed by atoms with Gasteiger partial charge in [-0.15, -0.1) is 0 Å². The number of aryl methyl sites for hydroxylation is 2. The van der Waals surface area contributed by atoms with Crippen molar-refractivity contribution in [3.8, 4) is 0 Å². The van der Waals surface area contributed by atoms with Crippen LogP contribution in [0.25, 0.3) is 0 Å². The molecule has 0 saturated carbocycles. The second-order valence-electron chi connectivity index (χ2n) is 6.00. The molecule has 1 unspecified atom stereocenters.